The maximum atomic E-state index is 11.6. The molecular formula is C19H26OS8. The Kier molecular flexibility index (Phi) is 11.3. The lowest BCUT2D eigenvalue weighted by Crippen LogP contribution is -1.83. The maximum absolute atomic E-state index is 11.6. The average Bonchev–Trinajstić information content (AvgIpc) is 3.34. The van der Waals surface area contributed by atoms with Crippen molar-refractivity contribution in [1.29, 1.82) is 0 Å². The Morgan fingerprint density at radius 1 is 0.643 bits per heavy atom. The Labute approximate surface area is 202 Å². The molecule has 0 fully saturated rings. The van der Waals surface area contributed by atoms with Gasteiger partial charge in [-0.3, -0.25) is 4.79 Å². The largest absolute Gasteiger partial charge is 0.289 e. The van der Waals surface area contributed by atoms with E-state index < -0.39 is 0 Å². The molecule has 0 atom stereocenters. The van der Waals surface area contributed by atoms with Crippen molar-refractivity contribution in [3.63, 3.8) is 0 Å². The van der Waals surface area contributed by atoms with E-state index in [4.69, 9.17) is 0 Å². The van der Waals surface area contributed by atoms with Crippen molar-refractivity contribution in [3.05, 3.63) is 25.8 Å². The predicted molar refractivity (Wildman–Crippen MR) is 143 cm³/mol. The normalized spacial score (nSPS) is 16.5. The third-order valence-corrected chi connectivity index (χ3v) is 15.5. The van der Waals surface area contributed by atoms with Crippen molar-refractivity contribution in [3.8, 4) is 0 Å². The summed E-state index contributed by atoms with van der Waals surface area (Å²) in [4.78, 5) is 11.6. The van der Waals surface area contributed by atoms with Gasteiger partial charge >= 0.3 is 0 Å². The molecule has 0 aliphatic carbocycles. The van der Waals surface area contributed by atoms with Crippen LogP contribution in [0, 0.1) is 0 Å². The van der Waals surface area contributed by atoms with E-state index in [1.165, 1.54) is 111 Å². The van der Waals surface area contributed by atoms with Crippen LogP contribution < -0.4 is 4.06 Å². The zero-order valence-corrected chi connectivity index (χ0v) is 22.8. The second kappa shape index (κ2) is 13.1. The van der Waals surface area contributed by atoms with Gasteiger partial charge in [0.15, 0.2) is 0 Å². The van der Waals surface area contributed by atoms with Gasteiger partial charge in [0.1, 0.15) is 0 Å². The number of fused-ring (bicyclic) bond motifs is 1. The molecule has 156 valence electrons. The topological polar surface area (TPSA) is 17.1 Å². The van der Waals surface area contributed by atoms with Crippen LogP contribution in [-0.4, -0.2) is 11.5 Å². The van der Waals surface area contributed by atoms with E-state index in [1.54, 1.807) is 0 Å². The molecule has 28 heavy (non-hydrogen) atoms. The van der Waals surface area contributed by atoms with E-state index in [-0.39, 0.29) is 4.06 Å². The minimum Gasteiger partial charge on any atom is -0.265 e. The van der Waals surface area contributed by atoms with Gasteiger partial charge in [0.05, 0.1) is 25.4 Å². The summed E-state index contributed by atoms with van der Waals surface area (Å²) in [7, 11) is 0. The van der Waals surface area contributed by atoms with Crippen molar-refractivity contribution >= 4 is 93.2 Å². The molecule has 0 spiro atoms. The van der Waals surface area contributed by atoms with Crippen molar-refractivity contribution in [2.24, 2.45) is 0 Å². The first-order chi connectivity index (χ1) is 13.7. The van der Waals surface area contributed by atoms with Crippen LogP contribution in [0.15, 0.2) is 30.2 Å². The minimum atomic E-state index is 0.227. The Morgan fingerprint density at radius 3 is 1.57 bits per heavy atom. The number of unbranched alkanes of at least 4 members (excludes halogenated alkanes) is 6. The Balaban J connectivity index is 1.58. The summed E-state index contributed by atoms with van der Waals surface area (Å²) >= 11 is 14.5. The van der Waals surface area contributed by atoms with E-state index in [2.05, 4.69) is 37.4 Å². The molecule has 0 bridgehead atoms. The standard InChI is InChI=1S/C19H26OS8/c1-3-5-7-9-11-21-13-14(22-12-10-8-6-4-2)24-15(23-13)16-25-17-18(26-16)28-19(20)27-17/h3-12H2,1-2H3. The van der Waals surface area contributed by atoms with Gasteiger partial charge < -0.3 is 0 Å². The summed E-state index contributed by atoms with van der Waals surface area (Å²) in [5.74, 6) is 2.47. The fourth-order valence-corrected chi connectivity index (χ4v) is 14.6. The van der Waals surface area contributed by atoms with Crippen molar-refractivity contribution in [1.82, 2.24) is 0 Å². The van der Waals surface area contributed by atoms with Crippen molar-refractivity contribution in [2.75, 3.05) is 11.5 Å². The number of hydrogen-bond donors (Lipinski definition) is 0. The van der Waals surface area contributed by atoms with Crippen LogP contribution in [-0.2, 0) is 0 Å². The second-order valence-corrected chi connectivity index (χ2v) is 16.5. The highest BCUT2D eigenvalue weighted by Gasteiger charge is 2.30. The molecule has 1 aromatic rings. The third kappa shape index (κ3) is 7.24. The van der Waals surface area contributed by atoms with Crippen LogP contribution in [0.1, 0.15) is 65.2 Å². The van der Waals surface area contributed by atoms with E-state index in [1.807, 2.05) is 47.0 Å². The Hall–Kier alpha value is 1.43. The van der Waals surface area contributed by atoms with E-state index >= 15 is 0 Å². The van der Waals surface area contributed by atoms with Gasteiger partial charge in [-0.25, -0.2) is 0 Å². The van der Waals surface area contributed by atoms with Gasteiger partial charge in [-0.05, 0) is 24.3 Å². The molecule has 1 nitrogen and oxygen atoms in total. The molecule has 0 saturated heterocycles. The molecule has 0 amide bonds. The molecule has 0 N–H and O–H groups in total. The lowest BCUT2D eigenvalue weighted by Gasteiger charge is -2.05. The first-order valence-corrected chi connectivity index (χ1v) is 16.7. The molecule has 0 saturated carbocycles. The van der Waals surface area contributed by atoms with Gasteiger partial charge in [0.25, 0.3) is 4.06 Å². The zero-order valence-electron chi connectivity index (χ0n) is 16.2. The van der Waals surface area contributed by atoms with Crippen LogP contribution in [0.25, 0.3) is 0 Å². The molecule has 9 heteroatoms. The summed E-state index contributed by atoms with van der Waals surface area (Å²) in [5, 5.41) is 0. The third-order valence-electron chi connectivity index (χ3n) is 4.06. The van der Waals surface area contributed by atoms with Crippen LogP contribution in [0.2, 0.25) is 0 Å². The van der Waals surface area contributed by atoms with Crippen LogP contribution in [0.5, 0.6) is 0 Å². The monoisotopic (exact) mass is 526 g/mol. The predicted octanol–water partition coefficient (Wildman–Crippen LogP) is 9.73. The summed E-state index contributed by atoms with van der Waals surface area (Å²) in [6, 6.07) is 0. The molecule has 3 rings (SSSR count). The van der Waals surface area contributed by atoms with Gasteiger partial charge in [0, 0.05) is 0 Å². The van der Waals surface area contributed by atoms with Crippen molar-refractivity contribution in [2.45, 2.75) is 73.6 Å². The van der Waals surface area contributed by atoms with Gasteiger partial charge in [0.2, 0.25) is 0 Å². The maximum Gasteiger partial charge on any atom is 0.289 e. The summed E-state index contributed by atoms with van der Waals surface area (Å²) in [6.45, 7) is 4.55. The molecule has 2 aliphatic rings. The highest BCUT2D eigenvalue weighted by Crippen LogP contribution is 2.65. The lowest BCUT2D eigenvalue weighted by molar-refractivity contribution is 0.707. The fourth-order valence-electron chi connectivity index (χ4n) is 2.57. The number of hydrogen-bond acceptors (Lipinski definition) is 9. The Morgan fingerprint density at radius 2 is 1.11 bits per heavy atom. The first-order valence-electron chi connectivity index (χ1n) is 9.80. The zero-order chi connectivity index (χ0) is 19.8. The molecule has 1 aromatic heterocycles. The van der Waals surface area contributed by atoms with Crippen LogP contribution in [0.3, 0.4) is 0 Å². The molecule has 0 radical (unpaired) electrons. The number of rotatable bonds is 12. The van der Waals surface area contributed by atoms with Crippen LogP contribution in [0.4, 0.5) is 0 Å². The SMILES string of the molecule is CCCCCCSC1=C(SCCCCCC)SC(=C2Sc3sc(=O)sc3S2)S1. The molecule has 0 aromatic carbocycles. The average molecular weight is 527 g/mol. The Bertz CT molecular complexity index is 704. The molecule has 0 unspecified atom stereocenters. The highest BCUT2D eigenvalue weighted by atomic mass is 32.3. The van der Waals surface area contributed by atoms with E-state index in [0.717, 1.165) is 0 Å². The van der Waals surface area contributed by atoms with Crippen molar-refractivity contribution < 1.29 is 0 Å². The molecular weight excluding hydrogens is 501 g/mol. The molecule has 3 heterocycles. The quantitative estimate of drug-likeness (QED) is 0.249. The van der Waals surface area contributed by atoms with E-state index in [0.29, 0.717) is 0 Å². The smallest absolute Gasteiger partial charge is 0.265 e. The van der Waals surface area contributed by atoms with E-state index in [9.17, 15) is 4.79 Å². The highest BCUT2D eigenvalue weighted by molar-refractivity contribution is 8.42. The van der Waals surface area contributed by atoms with Crippen LogP contribution >= 0.6 is 93.2 Å². The summed E-state index contributed by atoms with van der Waals surface area (Å²) in [5.41, 5.74) is 0. The molecule has 2 aliphatic heterocycles. The fraction of sp³-hybridized carbons (Fsp3) is 0.632. The van der Waals surface area contributed by atoms with Gasteiger partial charge in [-0.2, -0.15) is 0 Å². The van der Waals surface area contributed by atoms with Gasteiger partial charge in [-0.1, -0.05) is 122 Å². The second-order valence-electron chi connectivity index (χ2n) is 6.41. The number of thioether (sulfide) groups is 6. The van der Waals surface area contributed by atoms with Gasteiger partial charge in [-0.15, -0.1) is 23.5 Å². The summed E-state index contributed by atoms with van der Waals surface area (Å²) < 4.78 is 8.51. The summed E-state index contributed by atoms with van der Waals surface area (Å²) in [6.07, 6.45) is 10.7. The minimum absolute atomic E-state index is 0.227. The first kappa shape index (κ1) is 24.1. The lowest BCUT2D eigenvalue weighted by atomic mass is 10.2.